The van der Waals surface area contributed by atoms with Crippen molar-refractivity contribution in [2.24, 2.45) is 5.84 Å². The highest BCUT2D eigenvalue weighted by atomic mass is 79.9. The van der Waals surface area contributed by atoms with E-state index in [9.17, 15) is 0 Å². The van der Waals surface area contributed by atoms with E-state index >= 15 is 0 Å². The maximum Gasteiger partial charge on any atom is 0.0449 e. The van der Waals surface area contributed by atoms with Crippen LogP contribution in [0, 0.1) is 0 Å². The molecule has 4 heteroatoms. The highest BCUT2D eigenvalue weighted by Crippen LogP contribution is 2.36. The molecule has 0 spiro atoms. The third-order valence-electron chi connectivity index (χ3n) is 4.33. The van der Waals surface area contributed by atoms with Crippen LogP contribution < -0.4 is 11.3 Å². The Hall–Kier alpha value is -0.870. The Kier molecular flexibility index (Phi) is 4.65. The molecule has 0 bridgehead atoms. The van der Waals surface area contributed by atoms with Gasteiger partial charge in [0.2, 0.25) is 0 Å². The van der Waals surface area contributed by atoms with Crippen LogP contribution in [0.2, 0.25) is 5.02 Å². The SMILES string of the molecule is NNC(Cc1ccc(Br)cc1Cl)C1CCc2ccccc21. The van der Waals surface area contributed by atoms with Gasteiger partial charge in [-0.1, -0.05) is 57.9 Å². The predicted octanol–water partition coefficient (Wildman–Crippen LogP) is 4.21. The summed E-state index contributed by atoms with van der Waals surface area (Å²) in [7, 11) is 0. The average Bonchev–Trinajstić information content (AvgIpc) is 2.91. The zero-order valence-corrected chi connectivity index (χ0v) is 14.0. The average molecular weight is 366 g/mol. The number of hydrogen-bond acceptors (Lipinski definition) is 2. The Morgan fingerprint density at radius 3 is 2.86 bits per heavy atom. The van der Waals surface area contributed by atoms with E-state index < -0.39 is 0 Å². The summed E-state index contributed by atoms with van der Waals surface area (Å²) in [4.78, 5) is 0. The van der Waals surface area contributed by atoms with Crippen LogP contribution in [0.3, 0.4) is 0 Å². The molecule has 2 aromatic rings. The van der Waals surface area contributed by atoms with Gasteiger partial charge in [0.05, 0.1) is 0 Å². The first-order valence-corrected chi connectivity index (χ1v) is 8.34. The third kappa shape index (κ3) is 3.16. The number of nitrogens with one attached hydrogen (secondary N) is 1. The van der Waals surface area contributed by atoms with Crippen LogP contribution in [0.1, 0.15) is 29.0 Å². The molecule has 0 aromatic heterocycles. The molecule has 2 aromatic carbocycles. The Labute approximate surface area is 138 Å². The van der Waals surface area contributed by atoms with Crippen LogP contribution >= 0.6 is 27.5 Å². The Bertz CT molecular complexity index is 644. The van der Waals surface area contributed by atoms with Crippen LogP contribution in [-0.4, -0.2) is 6.04 Å². The molecule has 0 saturated carbocycles. The van der Waals surface area contributed by atoms with Gasteiger partial charge in [-0.25, -0.2) is 0 Å². The molecule has 2 unspecified atom stereocenters. The van der Waals surface area contributed by atoms with Crippen molar-refractivity contribution in [2.45, 2.75) is 31.2 Å². The number of hydrogen-bond donors (Lipinski definition) is 2. The number of benzene rings is 2. The standard InChI is InChI=1S/C17H18BrClN2/c18-13-7-5-12(16(19)10-13)9-17(21-20)15-8-6-11-3-1-2-4-14(11)15/h1-5,7,10,15,17,21H,6,8-9,20H2. The zero-order chi connectivity index (χ0) is 14.8. The van der Waals surface area contributed by atoms with Gasteiger partial charge in [0.1, 0.15) is 0 Å². The van der Waals surface area contributed by atoms with Gasteiger partial charge in [-0.3, -0.25) is 11.3 Å². The second-order valence-electron chi connectivity index (χ2n) is 5.56. The molecule has 0 radical (unpaired) electrons. The van der Waals surface area contributed by atoms with Gasteiger partial charge >= 0.3 is 0 Å². The molecular formula is C17H18BrClN2. The molecule has 0 saturated heterocycles. The monoisotopic (exact) mass is 364 g/mol. The van der Waals surface area contributed by atoms with Crippen molar-refractivity contribution in [3.63, 3.8) is 0 Å². The first kappa shape index (κ1) is 15.0. The molecule has 1 aliphatic rings. The largest absolute Gasteiger partial charge is 0.271 e. The van der Waals surface area contributed by atoms with Gasteiger partial charge in [-0.2, -0.15) is 0 Å². The van der Waals surface area contributed by atoms with E-state index in [1.165, 1.54) is 11.1 Å². The molecule has 2 atom stereocenters. The minimum atomic E-state index is 0.201. The van der Waals surface area contributed by atoms with Crippen molar-refractivity contribution in [1.82, 2.24) is 5.43 Å². The van der Waals surface area contributed by atoms with Crippen LogP contribution in [0.4, 0.5) is 0 Å². The Balaban J connectivity index is 1.83. The number of fused-ring (bicyclic) bond motifs is 1. The molecule has 21 heavy (non-hydrogen) atoms. The highest BCUT2D eigenvalue weighted by molar-refractivity contribution is 9.10. The second kappa shape index (κ2) is 6.49. The molecule has 0 aliphatic heterocycles. The van der Waals surface area contributed by atoms with Crippen molar-refractivity contribution >= 4 is 27.5 Å². The summed E-state index contributed by atoms with van der Waals surface area (Å²) in [6.45, 7) is 0. The van der Waals surface area contributed by atoms with Gasteiger partial charge < -0.3 is 0 Å². The Morgan fingerprint density at radius 2 is 2.10 bits per heavy atom. The number of nitrogens with two attached hydrogens (primary N) is 1. The fourth-order valence-electron chi connectivity index (χ4n) is 3.25. The number of rotatable bonds is 4. The van der Waals surface area contributed by atoms with E-state index in [4.69, 9.17) is 17.4 Å². The quantitative estimate of drug-likeness (QED) is 0.629. The number of halogens is 2. The maximum absolute atomic E-state index is 6.34. The summed E-state index contributed by atoms with van der Waals surface area (Å²) in [5.41, 5.74) is 7.01. The van der Waals surface area contributed by atoms with Crippen molar-refractivity contribution < 1.29 is 0 Å². The van der Waals surface area contributed by atoms with E-state index in [1.807, 2.05) is 12.1 Å². The summed E-state index contributed by atoms with van der Waals surface area (Å²) >= 11 is 9.78. The van der Waals surface area contributed by atoms with Crippen LogP contribution in [0.25, 0.3) is 0 Å². The van der Waals surface area contributed by atoms with Gasteiger partial charge in [0, 0.05) is 21.5 Å². The van der Waals surface area contributed by atoms with Crippen molar-refractivity contribution in [1.29, 1.82) is 0 Å². The summed E-state index contributed by atoms with van der Waals surface area (Å²) in [5.74, 6) is 6.29. The van der Waals surface area contributed by atoms with E-state index in [2.05, 4.69) is 51.7 Å². The zero-order valence-electron chi connectivity index (χ0n) is 11.7. The minimum absolute atomic E-state index is 0.201. The van der Waals surface area contributed by atoms with Gasteiger partial charge in [-0.15, -0.1) is 0 Å². The summed E-state index contributed by atoms with van der Waals surface area (Å²) in [6, 6.07) is 14.9. The Morgan fingerprint density at radius 1 is 1.29 bits per heavy atom. The first-order chi connectivity index (χ1) is 10.2. The topological polar surface area (TPSA) is 38.0 Å². The lowest BCUT2D eigenvalue weighted by Crippen LogP contribution is -2.40. The fraction of sp³-hybridized carbons (Fsp3) is 0.294. The van der Waals surface area contributed by atoms with E-state index in [1.54, 1.807) is 0 Å². The summed E-state index contributed by atoms with van der Waals surface area (Å²) < 4.78 is 1.000. The fourth-order valence-corrected chi connectivity index (χ4v) is 4.00. The van der Waals surface area contributed by atoms with Crippen LogP contribution in [0.15, 0.2) is 46.9 Å². The van der Waals surface area contributed by atoms with Crippen LogP contribution in [0.5, 0.6) is 0 Å². The molecule has 0 amide bonds. The molecule has 2 nitrogen and oxygen atoms in total. The summed E-state index contributed by atoms with van der Waals surface area (Å²) in [5, 5.41) is 0.788. The molecule has 0 fully saturated rings. The molecule has 0 heterocycles. The lowest BCUT2D eigenvalue weighted by Gasteiger charge is -2.24. The molecule has 110 valence electrons. The number of hydrazine groups is 1. The smallest absolute Gasteiger partial charge is 0.0449 e. The van der Waals surface area contributed by atoms with Gasteiger partial charge in [-0.05, 0) is 48.1 Å². The van der Waals surface area contributed by atoms with Crippen LogP contribution in [-0.2, 0) is 12.8 Å². The number of aryl methyl sites for hydroxylation is 1. The van der Waals surface area contributed by atoms with Crippen molar-refractivity contribution in [3.05, 3.63) is 68.7 Å². The van der Waals surface area contributed by atoms with E-state index in [0.29, 0.717) is 5.92 Å². The predicted molar refractivity (Wildman–Crippen MR) is 91.5 cm³/mol. The molecule has 3 N–H and O–H groups in total. The van der Waals surface area contributed by atoms with E-state index in [-0.39, 0.29) is 6.04 Å². The lowest BCUT2D eigenvalue weighted by atomic mass is 9.89. The van der Waals surface area contributed by atoms with Crippen molar-refractivity contribution in [3.8, 4) is 0 Å². The maximum atomic E-state index is 6.34. The van der Waals surface area contributed by atoms with Gasteiger partial charge in [0.15, 0.2) is 0 Å². The van der Waals surface area contributed by atoms with E-state index in [0.717, 1.165) is 34.3 Å². The molecule has 1 aliphatic carbocycles. The lowest BCUT2D eigenvalue weighted by molar-refractivity contribution is 0.434. The highest BCUT2D eigenvalue weighted by Gasteiger charge is 2.29. The first-order valence-electron chi connectivity index (χ1n) is 7.17. The van der Waals surface area contributed by atoms with Crippen molar-refractivity contribution in [2.75, 3.05) is 0 Å². The second-order valence-corrected chi connectivity index (χ2v) is 6.88. The molecule has 3 rings (SSSR count). The molecular weight excluding hydrogens is 348 g/mol. The normalized spacial score (nSPS) is 18.5. The van der Waals surface area contributed by atoms with Gasteiger partial charge in [0.25, 0.3) is 0 Å². The minimum Gasteiger partial charge on any atom is -0.271 e. The summed E-state index contributed by atoms with van der Waals surface area (Å²) in [6.07, 6.45) is 3.11. The third-order valence-corrected chi connectivity index (χ3v) is 5.18.